The maximum absolute atomic E-state index is 13.6. The first-order chi connectivity index (χ1) is 14.5. The minimum absolute atomic E-state index is 0.00665. The van der Waals surface area contributed by atoms with Crippen LogP contribution in [0.2, 0.25) is 0 Å². The van der Waals surface area contributed by atoms with Crippen LogP contribution in [0.4, 0.5) is 4.39 Å². The van der Waals surface area contributed by atoms with Crippen LogP contribution < -0.4 is 14.8 Å². The lowest BCUT2D eigenvalue weighted by molar-refractivity contribution is -0.138. The van der Waals surface area contributed by atoms with Crippen molar-refractivity contribution in [3.05, 3.63) is 59.4 Å². The van der Waals surface area contributed by atoms with Gasteiger partial charge in [-0.1, -0.05) is 18.2 Å². The van der Waals surface area contributed by atoms with Crippen molar-refractivity contribution in [3.63, 3.8) is 0 Å². The lowest BCUT2D eigenvalue weighted by Crippen LogP contribution is -2.58. The number of likely N-dealkylation sites (tertiary alicyclic amines) is 1. The van der Waals surface area contributed by atoms with Gasteiger partial charge in [-0.05, 0) is 54.7 Å². The number of benzene rings is 2. The van der Waals surface area contributed by atoms with Crippen molar-refractivity contribution in [2.24, 2.45) is 0 Å². The molecular weight excluding hydrogens is 387 g/mol. The molecule has 0 radical (unpaired) electrons. The van der Waals surface area contributed by atoms with E-state index in [9.17, 15) is 14.0 Å². The number of ether oxygens (including phenoxy) is 2. The molecule has 7 heteroatoms. The van der Waals surface area contributed by atoms with Gasteiger partial charge in [-0.15, -0.1) is 0 Å². The minimum atomic E-state index is -0.502. The van der Waals surface area contributed by atoms with Gasteiger partial charge in [-0.3, -0.25) is 9.59 Å². The molecule has 2 aromatic carbocycles. The maximum Gasteiger partial charge on any atom is 0.231 e. The van der Waals surface area contributed by atoms with E-state index in [1.807, 2.05) is 23.1 Å². The molecule has 0 saturated carbocycles. The highest BCUT2D eigenvalue weighted by molar-refractivity contribution is 5.82. The zero-order valence-corrected chi connectivity index (χ0v) is 16.5. The summed E-state index contributed by atoms with van der Waals surface area (Å²) in [5.41, 5.74) is 1.19. The monoisotopic (exact) mass is 410 g/mol. The predicted molar refractivity (Wildman–Crippen MR) is 106 cm³/mol. The summed E-state index contributed by atoms with van der Waals surface area (Å²) in [4.78, 5) is 27.4. The molecule has 3 aliphatic rings. The second-order valence-corrected chi connectivity index (χ2v) is 8.21. The molecule has 5 rings (SSSR count). The number of carbonyl (C=O) groups is 2. The van der Waals surface area contributed by atoms with Gasteiger partial charge < -0.3 is 19.7 Å². The SMILES string of the molecule is O=C1CC[C@]2(CCCN(C(=O)Cc3ccc4c(c3)OCO4)[C@@H]2c2ccc(F)cc2)N1. The van der Waals surface area contributed by atoms with Crippen molar-refractivity contribution in [3.8, 4) is 11.5 Å². The van der Waals surface area contributed by atoms with Crippen molar-refractivity contribution < 1.29 is 23.5 Å². The molecule has 156 valence electrons. The van der Waals surface area contributed by atoms with Gasteiger partial charge in [0, 0.05) is 13.0 Å². The number of hydrogen-bond acceptors (Lipinski definition) is 4. The average Bonchev–Trinajstić information content (AvgIpc) is 3.35. The second kappa shape index (κ2) is 7.31. The molecule has 3 heterocycles. The average molecular weight is 410 g/mol. The molecule has 1 spiro atoms. The van der Waals surface area contributed by atoms with E-state index in [1.165, 1.54) is 12.1 Å². The highest BCUT2D eigenvalue weighted by Gasteiger charge is 2.50. The summed E-state index contributed by atoms with van der Waals surface area (Å²) in [6.07, 6.45) is 2.95. The lowest BCUT2D eigenvalue weighted by atomic mass is 9.76. The second-order valence-electron chi connectivity index (χ2n) is 8.21. The molecule has 0 aliphatic carbocycles. The molecule has 6 nitrogen and oxygen atoms in total. The van der Waals surface area contributed by atoms with E-state index < -0.39 is 5.54 Å². The molecule has 2 fully saturated rings. The normalized spacial score (nSPS) is 24.9. The molecule has 0 aromatic heterocycles. The first kappa shape index (κ1) is 18.9. The lowest BCUT2D eigenvalue weighted by Gasteiger charge is -2.48. The molecule has 2 atom stereocenters. The fourth-order valence-corrected chi connectivity index (χ4v) is 5.00. The largest absolute Gasteiger partial charge is 0.454 e. The summed E-state index contributed by atoms with van der Waals surface area (Å²) in [5.74, 6) is 0.988. The zero-order chi connectivity index (χ0) is 20.7. The molecule has 0 unspecified atom stereocenters. The van der Waals surface area contributed by atoms with Gasteiger partial charge in [-0.2, -0.15) is 0 Å². The van der Waals surface area contributed by atoms with E-state index in [0.717, 1.165) is 24.0 Å². The summed E-state index contributed by atoms with van der Waals surface area (Å²) >= 11 is 0. The van der Waals surface area contributed by atoms with Crippen molar-refractivity contribution in [1.82, 2.24) is 10.2 Å². The van der Waals surface area contributed by atoms with E-state index in [0.29, 0.717) is 30.9 Å². The van der Waals surface area contributed by atoms with Crippen LogP contribution in [0.3, 0.4) is 0 Å². The zero-order valence-electron chi connectivity index (χ0n) is 16.5. The first-order valence-electron chi connectivity index (χ1n) is 10.3. The standard InChI is InChI=1S/C23H23FN2O4/c24-17-5-3-16(4-6-17)22-23(10-8-20(27)25-23)9-1-11-26(22)21(28)13-15-2-7-18-19(12-15)30-14-29-18/h2-7,12,22H,1,8-11,13-14H2,(H,25,27)/t22-,23+/m1/s1. The Kier molecular flexibility index (Phi) is 4.60. The Labute approximate surface area is 174 Å². The van der Waals surface area contributed by atoms with E-state index in [2.05, 4.69) is 5.32 Å². The van der Waals surface area contributed by atoms with Crippen LogP contribution in [0.1, 0.15) is 42.9 Å². The van der Waals surface area contributed by atoms with E-state index >= 15 is 0 Å². The third-order valence-corrected chi connectivity index (χ3v) is 6.34. The van der Waals surface area contributed by atoms with Crippen molar-refractivity contribution in [1.29, 1.82) is 0 Å². The molecule has 2 amide bonds. The van der Waals surface area contributed by atoms with Gasteiger partial charge in [0.15, 0.2) is 11.5 Å². The number of nitrogens with zero attached hydrogens (tertiary/aromatic N) is 1. The number of amides is 2. The summed E-state index contributed by atoms with van der Waals surface area (Å²) in [7, 11) is 0. The number of nitrogens with one attached hydrogen (secondary N) is 1. The van der Waals surface area contributed by atoms with Crippen LogP contribution in [0, 0.1) is 5.82 Å². The molecule has 2 saturated heterocycles. The van der Waals surface area contributed by atoms with Gasteiger partial charge in [0.1, 0.15) is 5.82 Å². The molecule has 1 N–H and O–H groups in total. The number of hydrogen-bond donors (Lipinski definition) is 1. The predicted octanol–water partition coefficient (Wildman–Crippen LogP) is 3.11. The Balaban J connectivity index is 1.46. The van der Waals surface area contributed by atoms with Crippen LogP contribution in [0.25, 0.3) is 0 Å². The minimum Gasteiger partial charge on any atom is -0.454 e. The third-order valence-electron chi connectivity index (χ3n) is 6.34. The van der Waals surface area contributed by atoms with E-state index in [-0.39, 0.29) is 36.9 Å². The summed E-state index contributed by atoms with van der Waals surface area (Å²) in [6.45, 7) is 0.788. The third kappa shape index (κ3) is 3.28. The van der Waals surface area contributed by atoms with Crippen LogP contribution in [-0.4, -0.2) is 35.6 Å². The van der Waals surface area contributed by atoms with Gasteiger partial charge >= 0.3 is 0 Å². The molecule has 2 aromatic rings. The topological polar surface area (TPSA) is 67.9 Å². The Bertz CT molecular complexity index is 993. The molecule has 3 aliphatic heterocycles. The maximum atomic E-state index is 13.6. The first-order valence-corrected chi connectivity index (χ1v) is 10.3. The van der Waals surface area contributed by atoms with Crippen molar-refractivity contribution in [2.45, 2.75) is 43.7 Å². The van der Waals surface area contributed by atoms with Crippen LogP contribution in [0.15, 0.2) is 42.5 Å². The van der Waals surface area contributed by atoms with Crippen molar-refractivity contribution >= 4 is 11.8 Å². The number of fused-ring (bicyclic) bond motifs is 1. The summed E-state index contributed by atoms with van der Waals surface area (Å²) < 4.78 is 24.3. The van der Waals surface area contributed by atoms with Crippen LogP contribution in [-0.2, 0) is 16.0 Å². The number of carbonyl (C=O) groups excluding carboxylic acids is 2. The van der Waals surface area contributed by atoms with E-state index in [1.54, 1.807) is 12.1 Å². The fourth-order valence-electron chi connectivity index (χ4n) is 5.00. The Morgan fingerprint density at radius 3 is 2.70 bits per heavy atom. The molecule has 0 bridgehead atoms. The number of halogens is 1. The van der Waals surface area contributed by atoms with Crippen LogP contribution >= 0.6 is 0 Å². The Morgan fingerprint density at radius 1 is 1.13 bits per heavy atom. The number of piperidine rings is 1. The Hall–Kier alpha value is -3.09. The smallest absolute Gasteiger partial charge is 0.231 e. The van der Waals surface area contributed by atoms with Gasteiger partial charge in [0.2, 0.25) is 18.6 Å². The van der Waals surface area contributed by atoms with Gasteiger partial charge in [0.25, 0.3) is 0 Å². The molecule has 30 heavy (non-hydrogen) atoms. The summed E-state index contributed by atoms with van der Waals surface area (Å²) in [5, 5.41) is 3.15. The van der Waals surface area contributed by atoms with Gasteiger partial charge in [-0.25, -0.2) is 4.39 Å². The molecular formula is C23H23FN2O4. The van der Waals surface area contributed by atoms with Gasteiger partial charge in [0.05, 0.1) is 18.0 Å². The van der Waals surface area contributed by atoms with E-state index in [4.69, 9.17) is 9.47 Å². The fraction of sp³-hybridized carbons (Fsp3) is 0.391. The summed E-state index contributed by atoms with van der Waals surface area (Å²) in [6, 6.07) is 11.5. The highest BCUT2D eigenvalue weighted by Crippen LogP contribution is 2.45. The Morgan fingerprint density at radius 2 is 1.93 bits per heavy atom. The van der Waals surface area contributed by atoms with Crippen molar-refractivity contribution in [2.75, 3.05) is 13.3 Å². The highest BCUT2D eigenvalue weighted by atomic mass is 19.1. The van der Waals surface area contributed by atoms with Crippen LogP contribution in [0.5, 0.6) is 11.5 Å². The quantitative estimate of drug-likeness (QED) is 0.844. The number of rotatable bonds is 3.